The van der Waals surface area contributed by atoms with Crippen LogP contribution in [0.15, 0.2) is 71.1 Å². The van der Waals surface area contributed by atoms with Crippen LogP contribution in [0.2, 0.25) is 0 Å². The van der Waals surface area contributed by atoms with E-state index in [1.807, 2.05) is 56.3 Å². The molecule has 0 saturated carbocycles. The maximum atomic E-state index is 13.5. The van der Waals surface area contributed by atoms with E-state index < -0.39 is 11.8 Å². The molecule has 0 aliphatic rings. The number of aryl methyl sites for hydroxylation is 1. The molecular formula is C27H32FN3O3. The summed E-state index contributed by atoms with van der Waals surface area (Å²) in [5.74, 6) is 0.873. The number of amides is 3. The number of hydrogen-bond donors (Lipinski definition) is 1. The number of furan rings is 1. The third-order valence-corrected chi connectivity index (χ3v) is 5.48. The summed E-state index contributed by atoms with van der Waals surface area (Å²) in [5, 5.41) is 2.70. The van der Waals surface area contributed by atoms with E-state index in [2.05, 4.69) is 5.32 Å². The van der Waals surface area contributed by atoms with Crippen molar-refractivity contribution in [3.8, 4) is 0 Å². The fourth-order valence-electron chi connectivity index (χ4n) is 3.59. The van der Waals surface area contributed by atoms with Crippen LogP contribution in [0.5, 0.6) is 0 Å². The summed E-state index contributed by atoms with van der Waals surface area (Å²) in [6.07, 6.45) is 2.32. The van der Waals surface area contributed by atoms with Gasteiger partial charge >= 0.3 is 6.03 Å². The minimum absolute atomic E-state index is 0.0738. The average Bonchev–Trinajstić information content (AvgIpc) is 3.24. The van der Waals surface area contributed by atoms with Gasteiger partial charge in [0, 0.05) is 18.8 Å². The first-order valence-electron chi connectivity index (χ1n) is 11.6. The van der Waals surface area contributed by atoms with Crippen molar-refractivity contribution in [2.75, 3.05) is 25.0 Å². The van der Waals surface area contributed by atoms with E-state index in [9.17, 15) is 14.0 Å². The highest BCUT2D eigenvalue weighted by atomic mass is 19.1. The molecule has 180 valence electrons. The molecule has 0 aliphatic heterocycles. The van der Waals surface area contributed by atoms with Crippen molar-refractivity contribution in [1.29, 1.82) is 0 Å². The summed E-state index contributed by atoms with van der Waals surface area (Å²) in [4.78, 5) is 29.5. The van der Waals surface area contributed by atoms with E-state index in [1.54, 1.807) is 11.0 Å². The lowest BCUT2D eigenvalue weighted by Crippen LogP contribution is -2.45. The Labute approximate surface area is 200 Å². The van der Waals surface area contributed by atoms with Crippen molar-refractivity contribution in [1.82, 2.24) is 9.80 Å². The maximum absolute atomic E-state index is 13.5. The predicted octanol–water partition coefficient (Wildman–Crippen LogP) is 5.63. The van der Waals surface area contributed by atoms with Gasteiger partial charge in [0.25, 0.3) is 0 Å². The summed E-state index contributed by atoms with van der Waals surface area (Å²) in [6.45, 7) is 5.06. The van der Waals surface area contributed by atoms with Crippen LogP contribution in [0.4, 0.5) is 14.9 Å². The Kier molecular flexibility index (Phi) is 9.26. The molecule has 1 heterocycles. The number of nitrogens with zero attached hydrogens (tertiary/aromatic N) is 2. The van der Waals surface area contributed by atoms with Crippen LogP contribution in [0, 0.1) is 12.7 Å². The Morgan fingerprint density at radius 1 is 0.971 bits per heavy atom. The molecule has 0 unspecified atom stereocenters. The van der Waals surface area contributed by atoms with Crippen LogP contribution >= 0.6 is 0 Å². The zero-order chi connectivity index (χ0) is 24.3. The number of nitrogens with one attached hydrogen (secondary N) is 1. The van der Waals surface area contributed by atoms with Gasteiger partial charge in [-0.1, -0.05) is 49.7 Å². The number of halogens is 1. The Balaban J connectivity index is 1.71. The van der Waals surface area contributed by atoms with E-state index in [0.29, 0.717) is 37.5 Å². The van der Waals surface area contributed by atoms with Crippen LogP contribution in [-0.4, -0.2) is 41.4 Å². The van der Waals surface area contributed by atoms with E-state index in [0.717, 1.165) is 24.2 Å². The zero-order valence-corrected chi connectivity index (χ0v) is 19.8. The summed E-state index contributed by atoms with van der Waals surface area (Å²) >= 11 is 0. The predicted molar refractivity (Wildman–Crippen MR) is 131 cm³/mol. The molecule has 0 bridgehead atoms. The molecule has 0 saturated heterocycles. The van der Waals surface area contributed by atoms with Crippen molar-refractivity contribution in [3.63, 3.8) is 0 Å². The Hall–Kier alpha value is -3.61. The highest BCUT2D eigenvalue weighted by molar-refractivity contribution is 5.92. The van der Waals surface area contributed by atoms with Gasteiger partial charge in [0.15, 0.2) is 0 Å². The average molecular weight is 466 g/mol. The number of rotatable bonds is 11. The largest absolute Gasteiger partial charge is 0.464 e. The highest BCUT2D eigenvalue weighted by Gasteiger charge is 2.22. The van der Waals surface area contributed by atoms with Crippen LogP contribution < -0.4 is 5.32 Å². The molecule has 0 aliphatic carbocycles. The molecule has 1 N–H and O–H groups in total. The molecule has 3 rings (SSSR count). The molecule has 0 atom stereocenters. The van der Waals surface area contributed by atoms with Gasteiger partial charge in [-0.3, -0.25) is 4.79 Å². The Bertz CT molecular complexity index is 1070. The van der Waals surface area contributed by atoms with E-state index in [-0.39, 0.29) is 12.5 Å². The van der Waals surface area contributed by atoms with Gasteiger partial charge < -0.3 is 19.5 Å². The molecule has 34 heavy (non-hydrogen) atoms. The van der Waals surface area contributed by atoms with Gasteiger partial charge in [-0.25, -0.2) is 9.18 Å². The normalized spacial score (nSPS) is 10.7. The van der Waals surface area contributed by atoms with Crippen molar-refractivity contribution in [2.45, 2.75) is 39.7 Å². The van der Waals surface area contributed by atoms with E-state index >= 15 is 0 Å². The van der Waals surface area contributed by atoms with Gasteiger partial charge in [0.2, 0.25) is 5.91 Å². The number of benzene rings is 2. The van der Waals surface area contributed by atoms with Crippen LogP contribution in [0.3, 0.4) is 0 Å². The monoisotopic (exact) mass is 465 g/mol. The second-order valence-corrected chi connectivity index (χ2v) is 8.28. The minimum Gasteiger partial charge on any atom is -0.464 e. The van der Waals surface area contributed by atoms with E-state index in [1.165, 1.54) is 23.1 Å². The number of unbranched alkanes of at least 4 members (excludes halogenated alkanes) is 1. The lowest BCUT2D eigenvalue weighted by atomic mass is 10.1. The maximum Gasteiger partial charge on any atom is 0.322 e. The summed E-state index contributed by atoms with van der Waals surface area (Å²) in [7, 11) is 0. The first-order valence-corrected chi connectivity index (χ1v) is 11.6. The van der Waals surface area contributed by atoms with Gasteiger partial charge in [0.05, 0.1) is 6.54 Å². The standard InChI is InChI=1S/C27H32FN3O3/c1-3-4-16-31(27(33)29-24-12-8-11-23(28)18-24)20-26(32)30(19-25-14-13-21(2)34-25)17-15-22-9-6-5-7-10-22/h5-14,18H,3-4,15-17,19-20H2,1-2H3,(H,29,33). The summed E-state index contributed by atoms with van der Waals surface area (Å²) < 4.78 is 19.2. The van der Waals surface area contributed by atoms with Crippen molar-refractivity contribution in [3.05, 3.63) is 89.6 Å². The molecule has 6 nitrogen and oxygen atoms in total. The molecule has 0 radical (unpaired) electrons. The Morgan fingerprint density at radius 3 is 2.44 bits per heavy atom. The molecule has 0 fully saturated rings. The third kappa shape index (κ3) is 7.76. The van der Waals surface area contributed by atoms with E-state index in [4.69, 9.17) is 4.42 Å². The number of hydrogen-bond acceptors (Lipinski definition) is 3. The van der Waals surface area contributed by atoms with Crippen LogP contribution in [0.1, 0.15) is 36.8 Å². The second-order valence-electron chi connectivity index (χ2n) is 8.28. The van der Waals surface area contributed by atoms with Gasteiger partial charge in [-0.05, 0) is 55.7 Å². The Morgan fingerprint density at radius 2 is 1.76 bits per heavy atom. The van der Waals surface area contributed by atoms with Crippen LogP contribution in [-0.2, 0) is 17.8 Å². The lowest BCUT2D eigenvalue weighted by molar-refractivity contribution is -0.132. The smallest absolute Gasteiger partial charge is 0.322 e. The molecular weight excluding hydrogens is 433 g/mol. The number of anilines is 1. The molecule has 1 aromatic heterocycles. The van der Waals surface area contributed by atoms with Crippen molar-refractivity contribution < 1.29 is 18.4 Å². The first kappa shape index (κ1) is 25.0. The number of carbonyl (C=O) groups is 2. The van der Waals surface area contributed by atoms with Crippen molar-refractivity contribution >= 4 is 17.6 Å². The topological polar surface area (TPSA) is 65.8 Å². The van der Waals surface area contributed by atoms with Crippen molar-refractivity contribution in [2.24, 2.45) is 0 Å². The molecule has 7 heteroatoms. The molecule has 0 spiro atoms. The molecule has 2 aromatic carbocycles. The van der Waals surface area contributed by atoms with Gasteiger partial charge in [-0.2, -0.15) is 0 Å². The molecule has 3 aromatic rings. The SMILES string of the molecule is CCCCN(CC(=O)N(CCc1ccccc1)Cc1ccc(C)o1)C(=O)Nc1cccc(F)c1. The van der Waals surface area contributed by atoms with Gasteiger partial charge in [-0.15, -0.1) is 0 Å². The molecule has 3 amide bonds. The fraction of sp³-hybridized carbons (Fsp3) is 0.333. The summed E-state index contributed by atoms with van der Waals surface area (Å²) in [5.41, 5.74) is 1.48. The quantitative estimate of drug-likeness (QED) is 0.399. The van der Waals surface area contributed by atoms with Crippen LogP contribution in [0.25, 0.3) is 0 Å². The first-order chi connectivity index (χ1) is 16.4. The fourth-order valence-corrected chi connectivity index (χ4v) is 3.59. The second kappa shape index (κ2) is 12.6. The number of carbonyl (C=O) groups excluding carboxylic acids is 2. The lowest BCUT2D eigenvalue weighted by Gasteiger charge is -2.27. The number of urea groups is 1. The highest BCUT2D eigenvalue weighted by Crippen LogP contribution is 2.14. The summed E-state index contributed by atoms with van der Waals surface area (Å²) in [6, 6.07) is 19.0. The zero-order valence-electron chi connectivity index (χ0n) is 19.8. The minimum atomic E-state index is -0.435. The third-order valence-electron chi connectivity index (χ3n) is 5.48. The van der Waals surface area contributed by atoms with Gasteiger partial charge in [0.1, 0.15) is 23.9 Å².